The van der Waals surface area contributed by atoms with Gasteiger partial charge in [0.1, 0.15) is 11.5 Å². The standard InChI is InChI=1S/C31H37FN4O3S/c1-20-6-8-23(9-7-20)34(29(37)21-4-2-3-5-21)24-10-12-25(13-11-24)36-30(38)27-18-22(32)19-33-28(27)35(31(36)39)26-14-16-40-17-15-26/h6-9,18-19,21,24-26H,2-5,10-17H2,1H3. The highest BCUT2D eigenvalue weighted by Crippen LogP contribution is 2.36. The van der Waals surface area contributed by atoms with E-state index in [2.05, 4.69) is 4.98 Å². The van der Waals surface area contributed by atoms with Gasteiger partial charge in [-0.15, -0.1) is 0 Å². The summed E-state index contributed by atoms with van der Waals surface area (Å²) in [6.07, 6.45) is 9.39. The molecule has 7 nitrogen and oxygen atoms in total. The molecule has 2 saturated carbocycles. The van der Waals surface area contributed by atoms with Gasteiger partial charge in [0.05, 0.1) is 11.6 Å². The molecule has 6 rings (SSSR count). The first-order valence-electron chi connectivity index (χ1n) is 14.7. The minimum atomic E-state index is -0.580. The Bertz CT molecular complexity index is 1500. The van der Waals surface area contributed by atoms with Gasteiger partial charge in [-0.25, -0.2) is 14.2 Å². The summed E-state index contributed by atoms with van der Waals surface area (Å²) in [5.74, 6) is 1.56. The fourth-order valence-electron chi connectivity index (χ4n) is 6.97. The fourth-order valence-corrected chi connectivity index (χ4v) is 8.05. The van der Waals surface area contributed by atoms with E-state index in [9.17, 15) is 18.8 Å². The summed E-state index contributed by atoms with van der Waals surface area (Å²) in [7, 11) is 0. The number of hydrogen-bond acceptors (Lipinski definition) is 5. The van der Waals surface area contributed by atoms with Gasteiger partial charge >= 0.3 is 5.69 Å². The average molecular weight is 565 g/mol. The number of benzene rings is 1. The van der Waals surface area contributed by atoms with Crippen LogP contribution in [0.4, 0.5) is 10.1 Å². The van der Waals surface area contributed by atoms with E-state index in [1.165, 1.54) is 10.6 Å². The Labute approximate surface area is 237 Å². The molecule has 0 N–H and O–H groups in total. The molecule has 0 unspecified atom stereocenters. The van der Waals surface area contributed by atoms with Crippen LogP contribution in [0.5, 0.6) is 0 Å². The van der Waals surface area contributed by atoms with Gasteiger partial charge in [0.2, 0.25) is 5.91 Å². The van der Waals surface area contributed by atoms with Gasteiger partial charge in [0.15, 0.2) is 0 Å². The summed E-state index contributed by atoms with van der Waals surface area (Å²) >= 11 is 1.86. The number of rotatable bonds is 5. The van der Waals surface area contributed by atoms with Crippen LogP contribution in [0, 0.1) is 18.7 Å². The van der Waals surface area contributed by atoms with Crippen LogP contribution in [0.25, 0.3) is 11.0 Å². The molecule has 1 aromatic carbocycles. The van der Waals surface area contributed by atoms with Gasteiger partial charge in [-0.2, -0.15) is 11.8 Å². The molecule has 0 bridgehead atoms. The molecule has 3 aliphatic rings. The molecular weight excluding hydrogens is 527 g/mol. The maximum absolute atomic E-state index is 14.3. The second-order valence-corrected chi connectivity index (χ2v) is 12.9. The van der Waals surface area contributed by atoms with Crippen LogP contribution in [0.3, 0.4) is 0 Å². The highest BCUT2D eigenvalue weighted by Gasteiger charge is 2.36. The summed E-state index contributed by atoms with van der Waals surface area (Å²) in [4.78, 5) is 47.6. The van der Waals surface area contributed by atoms with Crippen molar-refractivity contribution in [2.45, 2.75) is 89.3 Å². The minimum Gasteiger partial charge on any atom is -0.309 e. The van der Waals surface area contributed by atoms with E-state index in [1.807, 2.05) is 47.9 Å². The van der Waals surface area contributed by atoms with Crippen LogP contribution in [0.15, 0.2) is 46.1 Å². The maximum atomic E-state index is 14.3. The topological polar surface area (TPSA) is 77.2 Å². The molecule has 1 aliphatic heterocycles. The van der Waals surface area contributed by atoms with Gasteiger partial charge in [-0.3, -0.25) is 18.7 Å². The van der Waals surface area contributed by atoms with Gasteiger partial charge in [0, 0.05) is 29.7 Å². The largest absolute Gasteiger partial charge is 0.333 e. The summed E-state index contributed by atoms with van der Waals surface area (Å²) in [5.41, 5.74) is 1.55. The molecule has 3 aromatic rings. The number of carbonyl (C=O) groups excluding carboxylic acids is 1. The molecule has 2 aliphatic carbocycles. The van der Waals surface area contributed by atoms with E-state index in [0.717, 1.165) is 67.5 Å². The van der Waals surface area contributed by atoms with Crippen LogP contribution in [-0.2, 0) is 4.79 Å². The maximum Gasteiger partial charge on any atom is 0.333 e. The molecule has 9 heteroatoms. The van der Waals surface area contributed by atoms with E-state index < -0.39 is 11.4 Å². The van der Waals surface area contributed by atoms with Crippen molar-refractivity contribution in [2.24, 2.45) is 5.92 Å². The van der Waals surface area contributed by atoms with Gasteiger partial charge in [-0.05, 0) is 88.0 Å². The number of aryl methyl sites for hydroxylation is 1. The number of aromatic nitrogens is 3. The molecule has 3 heterocycles. The van der Waals surface area contributed by atoms with E-state index in [0.29, 0.717) is 25.7 Å². The Balaban J connectivity index is 1.33. The number of halogens is 1. The van der Waals surface area contributed by atoms with Crippen molar-refractivity contribution in [1.82, 2.24) is 14.1 Å². The van der Waals surface area contributed by atoms with Crippen molar-refractivity contribution in [1.29, 1.82) is 0 Å². The van der Waals surface area contributed by atoms with Crippen LogP contribution in [0.2, 0.25) is 0 Å². The van der Waals surface area contributed by atoms with Gasteiger partial charge < -0.3 is 4.90 Å². The quantitative estimate of drug-likeness (QED) is 0.393. The molecule has 0 spiro atoms. The van der Waals surface area contributed by atoms with Crippen molar-refractivity contribution in [2.75, 3.05) is 16.4 Å². The Hall–Kier alpha value is -2.94. The predicted molar refractivity (Wildman–Crippen MR) is 158 cm³/mol. The minimum absolute atomic E-state index is 0.0138. The fraction of sp³-hybridized carbons (Fsp3) is 0.548. The highest BCUT2D eigenvalue weighted by atomic mass is 32.2. The lowest BCUT2D eigenvalue weighted by Crippen LogP contribution is -2.48. The van der Waals surface area contributed by atoms with Crippen molar-refractivity contribution >= 4 is 34.4 Å². The Morgan fingerprint density at radius 3 is 2.25 bits per heavy atom. The average Bonchev–Trinajstić information content (AvgIpc) is 3.51. The smallest absolute Gasteiger partial charge is 0.309 e. The molecule has 40 heavy (non-hydrogen) atoms. The summed E-state index contributed by atoms with van der Waals surface area (Å²) in [5, 5.41) is 0.164. The van der Waals surface area contributed by atoms with Crippen LogP contribution in [-0.4, -0.2) is 37.6 Å². The first kappa shape index (κ1) is 27.2. The van der Waals surface area contributed by atoms with Crippen LogP contribution in [0.1, 0.15) is 81.9 Å². The Morgan fingerprint density at radius 1 is 0.925 bits per heavy atom. The van der Waals surface area contributed by atoms with Crippen molar-refractivity contribution in [3.8, 4) is 0 Å². The molecule has 3 fully saturated rings. The summed E-state index contributed by atoms with van der Waals surface area (Å²) in [6, 6.07) is 9.04. The normalized spacial score (nSPS) is 22.6. The van der Waals surface area contributed by atoms with Crippen molar-refractivity contribution < 1.29 is 9.18 Å². The second kappa shape index (κ2) is 11.5. The first-order chi connectivity index (χ1) is 19.4. The lowest BCUT2D eigenvalue weighted by Gasteiger charge is -2.38. The number of pyridine rings is 1. The molecule has 2 aromatic heterocycles. The molecule has 0 radical (unpaired) electrons. The number of hydrogen-bond donors (Lipinski definition) is 0. The van der Waals surface area contributed by atoms with Crippen LogP contribution >= 0.6 is 11.8 Å². The third kappa shape index (κ3) is 5.13. The number of amides is 1. The van der Waals surface area contributed by atoms with E-state index in [4.69, 9.17) is 0 Å². The zero-order valence-electron chi connectivity index (χ0n) is 23.1. The Morgan fingerprint density at radius 2 is 1.57 bits per heavy atom. The predicted octanol–water partition coefficient (Wildman–Crippen LogP) is 5.78. The Kier molecular flexibility index (Phi) is 7.84. The third-order valence-corrected chi connectivity index (χ3v) is 10.2. The molecule has 0 atom stereocenters. The number of fused-ring (bicyclic) bond motifs is 1. The van der Waals surface area contributed by atoms with Crippen molar-refractivity contribution in [3.63, 3.8) is 0 Å². The lowest BCUT2D eigenvalue weighted by molar-refractivity contribution is -0.122. The second-order valence-electron chi connectivity index (χ2n) is 11.7. The van der Waals surface area contributed by atoms with E-state index in [-0.39, 0.29) is 46.7 Å². The van der Waals surface area contributed by atoms with E-state index in [1.54, 1.807) is 4.57 Å². The van der Waals surface area contributed by atoms with E-state index >= 15 is 0 Å². The van der Waals surface area contributed by atoms with Crippen LogP contribution < -0.4 is 16.1 Å². The lowest BCUT2D eigenvalue weighted by atomic mass is 9.88. The van der Waals surface area contributed by atoms with Crippen molar-refractivity contribution in [3.05, 3.63) is 68.7 Å². The number of thioether (sulfide) groups is 1. The molecule has 1 saturated heterocycles. The zero-order valence-corrected chi connectivity index (χ0v) is 23.9. The highest BCUT2D eigenvalue weighted by molar-refractivity contribution is 7.99. The zero-order chi connectivity index (χ0) is 27.8. The third-order valence-electron chi connectivity index (χ3n) is 9.13. The molecule has 1 amide bonds. The molecule has 212 valence electrons. The summed E-state index contributed by atoms with van der Waals surface area (Å²) in [6.45, 7) is 2.04. The monoisotopic (exact) mass is 564 g/mol. The van der Waals surface area contributed by atoms with Gasteiger partial charge in [0.25, 0.3) is 5.56 Å². The first-order valence-corrected chi connectivity index (χ1v) is 15.9. The summed E-state index contributed by atoms with van der Waals surface area (Å²) < 4.78 is 17.3. The SMILES string of the molecule is Cc1ccc(N(C(=O)C2CCCC2)C2CCC(n3c(=O)c4cc(F)cnc4n(C4CCSCC4)c3=O)CC2)cc1. The number of anilines is 1. The number of carbonyl (C=O) groups is 1. The van der Waals surface area contributed by atoms with Gasteiger partial charge in [-0.1, -0.05) is 30.5 Å². The molecular formula is C31H37FN4O3S. The number of nitrogens with zero attached hydrogens (tertiary/aromatic N) is 4.